The van der Waals surface area contributed by atoms with Crippen LogP contribution in [-0.2, 0) is 0 Å². The summed E-state index contributed by atoms with van der Waals surface area (Å²) in [5.74, 6) is -3.06. The Labute approximate surface area is 136 Å². The Balaban J connectivity index is 3.16. The standard InChI is InChI=1S/C16H16BrF2NO2/c1-3-5-11(4-2)10-20(6-7-21)16(22)13-8-12(17)9-14(18)15(13)19/h3-5,8-9,21H,1-2,6-7,10H2/b11-5+. The van der Waals surface area contributed by atoms with Gasteiger partial charge in [-0.3, -0.25) is 4.79 Å². The summed E-state index contributed by atoms with van der Waals surface area (Å²) in [4.78, 5) is 13.6. The van der Waals surface area contributed by atoms with Crippen LogP contribution < -0.4 is 0 Å². The van der Waals surface area contributed by atoms with Gasteiger partial charge in [0.1, 0.15) is 0 Å². The molecule has 1 aromatic rings. The van der Waals surface area contributed by atoms with Crippen LogP contribution in [0.25, 0.3) is 0 Å². The van der Waals surface area contributed by atoms with Crippen molar-refractivity contribution in [2.45, 2.75) is 0 Å². The van der Waals surface area contributed by atoms with E-state index in [9.17, 15) is 13.6 Å². The van der Waals surface area contributed by atoms with Crippen molar-refractivity contribution >= 4 is 21.8 Å². The van der Waals surface area contributed by atoms with Gasteiger partial charge in [-0.2, -0.15) is 0 Å². The SMILES string of the molecule is C=C/C=C(\C=C)CN(CCO)C(=O)c1cc(Br)cc(F)c1F. The lowest BCUT2D eigenvalue weighted by Crippen LogP contribution is -2.35. The van der Waals surface area contributed by atoms with E-state index in [1.807, 2.05) is 0 Å². The fourth-order valence-electron chi connectivity index (χ4n) is 1.81. The minimum Gasteiger partial charge on any atom is -0.395 e. The normalized spacial score (nSPS) is 11.2. The molecule has 1 rings (SSSR count). The fraction of sp³-hybridized carbons (Fsp3) is 0.188. The average molecular weight is 372 g/mol. The van der Waals surface area contributed by atoms with Crippen LogP contribution in [-0.4, -0.2) is 35.6 Å². The smallest absolute Gasteiger partial charge is 0.257 e. The van der Waals surface area contributed by atoms with Gasteiger partial charge in [0.2, 0.25) is 0 Å². The molecular formula is C16H16BrF2NO2. The number of nitrogens with zero attached hydrogens (tertiary/aromatic N) is 1. The van der Waals surface area contributed by atoms with E-state index < -0.39 is 23.1 Å². The lowest BCUT2D eigenvalue weighted by atomic mass is 10.1. The molecule has 3 nitrogen and oxygen atoms in total. The number of benzene rings is 1. The Kier molecular flexibility index (Phi) is 7.14. The molecule has 0 saturated carbocycles. The number of hydrogen-bond acceptors (Lipinski definition) is 2. The predicted molar refractivity (Wildman–Crippen MR) is 85.5 cm³/mol. The molecule has 22 heavy (non-hydrogen) atoms. The lowest BCUT2D eigenvalue weighted by molar-refractivity contribution is 0.0733. The van der Waals surface area contributed by atoms with Crippen molar-refractivity contribution in [2.75, 3.05) is 19.7 Å². The maximum Gasteiger partial charge on any atom is 0.257 e. The van der Waals surface area contributed by atoms with Crippen LogP contribution in [0.3, 0.4) is 0 Å². The first-order valence-electron chi connectivity index (χ1n) is 6.43. The minimum atomic E-state index is -1.22. The highest BCUT2D eigenvalue weighted by molar-refractivity contribution is 9.10. The monoisotopic (exact) mass is 371 g/mol. The predicted octanol–water partition coefficient (Wildman–Crippen LogP) is 3.46. The second kappa shape index (κ2) is 8.60. The summed E-state index contributed by atoms with van der Waals surface area (Å²) >= 11 is 3.03. The number of allylic oxidation sites excluding steroid dienone is 2. The summed E-state index contributed by atoms with van der Waals surface area (Å²) in [7, 11) is 0. The van der Waals surface area contributed by atoms with Gasteiger partial charge < -0.3 is 10.0 Å². The van der Waals surface area contributed by atoms with E-state index in [-0.39, 0.29) is 24.2 Å². The number of rotatable bonds is 7. The van der Waals surface area contributed by atoms with Crippen LogP contribution in [0.2, 0.25) is 0 Å². The summed E-state index contributed by atoms with van der Waals surface area (Å²) in [5.41, 5.74) is 0.259. The quantitative estimate of drug-likeness (QED) is 0.588. The van der Waals surface area contributed by atoms with Gasteiger partial charge in [-0.1, -0.05) is 47.3 Å². The number of halogens is 3. The molecule has 0 aliphatic carbocycles. The van der Waals surface area contributed by atoms with Crippen molar-refractivity contribution in [3.05, 3.63) is 70.8 Å². The van der Waals surface area contributed by atoms with Gasteiger partial charge in [0.25, 0.3) is 5.91 Å². The maximum atomic E-state index is 13.8. The third-order valence-electron chi connectivity index (χ3n) is 2.85. The summed E-state index contributed by atoms with van der Waals surface area (Å²) < 4.78 is 27.5. The molecule has 1 amide bonds. The molecule has 1 aromatic carbocycles. The van der Waals surface area contributed by atoms with Gasteiger partial charge in [-0.05, 0) is 17.7 Å². The largest absolute Gasteiger partial charge is 0.395 e. The summed E-state index contributed by atoms with van der Waals surface area (Å²) in [5, 5.41) is 9.09. The third-order valence-corrected chi connectivity index (χ3v) is 3.31. The van der Waals surface area contributed by atoms with Crippen molar-refractivity contribution in [2.24, 2.45) is 0 Å². The van der Waals surface area contributed by atoms with E-state index in [1.165, 1.54) is 23.1 Å². The third kappa shape index (κ3) is 4.61. The molecule has 0 spiro atoms. The molecule has 0 heterocycles. The molecule has 118 valence electrons. The highest BCUT2D eigenvalue weighted by Crippen LogP contribution is 2.21. The number of carbonyl (C=O) groups is 1. The molecular weight excluding hydrogens is 356 g/mol. The molecule has 0 atom stereocenters. The maximum absolute atomic E-state index is 13.8. The first-order valence-corrected chi connectivity index (χ1v) is 7.22. The van der Waals surface area contributed by atoms with Gasteiger partial charge in [-0.25, -0.2) is 8.78 Å². The first-order chi connectivity index (χ1) is 10.4. The van der Waals surface area contributed by atoms with E-state index >= 15 is 0 Å². The van der Waals surface area contributed by atoms with Crippen LogP contribution >= 0.6 is 15.9 Å². The summed E-state index contributed by atoms with van der Waals surface area (Å²) in [6.07, 6.45) is 4.69. The van der Waals surface area contributed by atoms with Crippen molar-refractivity contribution < 1.29 is 18.7 Å². The topological polar surface area (TPSA) is 40.5 Å². The van der Waals surface area contributed by atoms with Gasteiger partial charge in [0.15, 0.2) is 11.6 Å². The molecule has 0 radical (unpaired) electrons. The van der Waals surface area contributed by atoms with E-state index in [0.717, 1.165) is 6.07 Å². The van der Waals surface area contributed by atoms with Crippen LogP contribution in [0.1, 0.15) is 10.4 Å². The first kappa shape index (κ1) is 18.3. The van der Waals surface area contributed by atoms with E-state index in [4.69, 9.17) is 5.11 Å². The molecule has 1 N–H and O–H groups in total. The number of amides is 1. The van der Waals surface area contributed by atoms with Crippen molar-refractivity contribution in [3.63, 3.8) is 0 Å². The Morgan fingerprint density at radius 2 is 2.05 bits per heavy atom. The van der Waals surface area contributed by atoms with Crippen molar-refractivity contribution in [3.8, 4) is 0 Å². The van der Waals surface area contributed by atoms with Crippen LogP contribution in [0, 0.1) is 11.6 Å². The summed E-state index contributed by atoms with van der Waals surface area (Å²) in [6, 6.07) is 2.14. The van der Waals surface area contributed by atoms with Crippen molar-refractivity contribution in [1.82, 2.24) is 4.90 Å². The Morgan fingerprint density at radius 3 is 2.59 bits per heavy atom. The van der Waals surface area contributed by atoms with E-state index in [0.29, 0.717) is 5.57 Å². The lowest BCUT2D eigenvalue weighted by Gasteiger charge is -2.22. The zero-order chi connectivity index (χ0) is 16.7. The molecule has 0 aliphatic heterocycles. The molecule has 0 unspecified atom stereocenters. The fourth-order valence-corrected chi connectivity index (χ4v) is 2.24. The van der Waals surface area contributed by atoms with Gasteiger partial charge >= 0.3 is 0 Å². The molecule has 0 bridgehead atoms. The molecule has 0 aromatic heterocycles. The number of aliphatic hydroxyl groups excluding tert-OH is 1. The summed E-state index contributed by atoms with van der Waals surface area (Å²) in [6.45, 7) is 6.94. The Morgan fingerprint density at radius 1 is 1.36 bits per heavy atom. The zero-order valence-electron chi connectivity index (χ0n) is 11.9. The van der Waals surface area contributed by atoms with Gasteiger partial charge in [0.05, 0.1) is 12.2 Å². The minimum absolute atomic E-state index is 0.0191. The zero-order valence-corrected chi connectivity index (χ0v) is 13.4. The van der Waals surface area contributed by atoms with Crippen molar-refractivity contribution in [1.29, 1.82) is 0 Å². The van der Waals surface area contributed by atoms with Gasteiger partial charge in [-0.15, -0.1) is 0 Å². The Bertz CT molecular complexity index is 614. The molecule has 0 fully saturated rings. The molecule has 0 saturated heterocycles. The van der Waals surface area contributed by atoms with Gasteiger partial charge in [0, 0.05) is 17.6 Å². The highest BCUT2D eigenvalue weighted by atomic mass is 79.9. The van der Waals surface area contributed by atoms with Crippen LogP contribution in [0.5, 0.6) is 0 Å². The average Bonchev–Trinajstić information content (AvgIpc) is 2.48. The van der Waals surface area contributed by atoms with E-state index in [1.54, 1.807) is 6.08 Å². The van der Waals surface area contributed by atoms with E-state index in [2.05, 4.69) is 29.1 Å². The number of aliphatic hydroxyl groups is 1. The second-order valence-corrected chi connectivity index (χ2v) is 5.30. The highest BCUT2D eigenvalue weighted by Gasteiger charge is 2.22. The van der Waals surface area contributed by atoms with Crippen LogP contribution in [0.15, 0.2) is 53.6 Å². The number of carbonyl (C=O) groups excluding carboxylic acids is 1. The molecule has 6 heteroatoms. The van der Waals surface area contributed by atoms with Crippen LogP contribution in [0.4, 0.5) is 8.78 Å². The number of hydrogen-bond donors (Lipinski definition) is 1. The molecule has 0 aliphatic rings. The Hall–Kier alpha value is -1.79. The second-order valence-electron chi connectivity index (χ2n) is 4.38.